The van der Waals surface area contributed by atoms with Crippen LogP contribution in [0.2, 0.25) is 10.0 Å². The van der Waals surface area contributed by atoms with E-state index in [9.17, 15) is 4.79 Å². The third-order valence-electron chi connectivity index (χ3n) is 4.25. The fourth-order valence-corrected chi connectivity index (χ4v) is 4.12. The highest BCUT2D eigenvalue weighted by Crippen LogP contribution is 2.19. The van der Waals surface area contributed by atoms with E-state index >= 15 is 0 Å². The number of thioether (sulfide) groups is 1. The lowest BCUT2D eigenvalue weighted by Crippen LogP contribution is -2.32. The maximum absolute atomic E-state index is 11.7. The number of imidazole rings is 1. The Morgan fingerprint density at radius 2 is 1.70 bits per heavy atom. The second-order valence-corrected chi connectivity index (χ2v) is 8.23. The van der Waals surface area contributed by atoms with Crippen molar-refractivity contribution >= 4 is 46.3 Å². The van der Waals surface area contributed by atoms with Crippen molar-refractivity contribution in [2.45, 2.75) is 13.5 Å². The molecule has 0 atom stereocenters. The van der Waals surface area contributed by atoms with Gasteiger partial charge in [0.25, 0.3) is 0 Å². The number of ketones is 1. The molecule has 4 nitrogen and oxygen atoms in total. The number of pyridine rings is 1. The molecule has 2 aromatic heterocycles. The molecule has 1 saturated heterocycles. The lowest BCUT2D eigenvalue weighted by atomic mass is 10.2. The van der Waals surface area contributed by atoms with E-state index in [2.05, 4.69) is 9.88 Å². The van der Waals surface area contributed by atoms with Crippen LogP contribution in [0.25, 0.3) is 5.52 Å². The smallest absolute Gasteiger partial charge is 0.180 e. The number of carbonyl (C=O) groups excluding carboxylic acids is 1. The summed E-state index contributed by atoms with van der Waals surface area (Å²) < 4.78 is 2.04. The van der Waals surface area contributed by atoms with Crippen LogP contribution >= 0.6 is 35.0 Å². The molecule has 7 heteroatoms. The molecular formula is C20H21Cl2N3OS. The first kappa shape index (κ1) is 20.2. The third-order valence-corrected chi connectivity index (χ3v) is 5.95. The van der Waals surface area contributed by atoms with Crippen LogP contribution in [-0.4, -0.2) is 44.7 Å². The Balaban J connectivity index is 0.000000221. The Morgan fingerprint density at radius 1 is 1.07 bits per heavy atom. The number of aromatic nitrogens is 2. The average Bonchev–Trinajstić information content (AvgIpc) is 3.05. The summed E-state index contributed by atoms with van der Waals surface area (Å²) in [4.78, 5) is 18.6. The van der Waals surface area contributed by atoms with Crippen LogP contribution in [-0.2, 0) is 6.54 Å². The van der Waals surface area contributed by atoms with Gasteiger partial charge in [-0.2, -0.15) is 11.8 Å². The Bertz CT molecular complexity index is 901. The summed E-state index contributed by atoms with van der Waals surface area (Å²) in [6.45, 7) is 4.60. The van der Waals surface area contributed by atoms with Gasteiger partial charge in [-0.05, 0) is 24.3 Å². The number of fused-ring (bicyclic) bond motifs is 1. The minimum absolute atomic E-state index is 0.0316. The van der Waals surface area contributed by atoms with Gasteiger partial charge >= 0.3 is 0 Å². The third kappa shape index (κ3) is 5.26. The van der Waals surface area contributed by atoms with Gasteiger partial charge in [-0.25, -0.2) is 4.98 Å². The number of rotatable bonds is 3. The molecular weight excluding hydrogens is 401 g/mol. The van der Waals surface area contributed by atoms with E-state index in [1.54, 1.807) is 19.1 Å². The Labute approximate surface area is 173 Å². The highest BCUT2D eigenvalue weighted by Gasteiger charge is 2.17. The van der Waals surface area contributed by atoms with Crippen molar-refractivity contribution in [1.29, 1.82) is 0 Å². The van der Waals surface area contributed by atoms with Crippen LogP contribution in [0.5, 0.6) is 0 Å². The van der Waals surface area contributed by atoms with Crippen molar-refractivity contribution in [3.8, 4) is 0 Å². The maximum Gasteiger partial charge on any atom is 0.180 e. The lowest BCUT2D eigenvalue weighted by molar-refractivity contribution is 0.101. The minimum atomic E-state index is 0.0316. The molecule has 142 valence electrons. The number of halogens is 2. The highest BCUT2D eigenvalue weighted by molar-refractivity contribution is 7.99. The lowest BCUT2D eigenvalue weighted by Gasteiger charge is -2.25. The molecule has 3 aromatic rings. The van der Waals surface area contributed by atoms with Crippen molar-refractivity contribution in [2.75, 3.05) is 24.6 Å². The Morgan fingerprint density at radius 3 is 2.30 bits per heavy atom. The highest BCUT2D eigenvalue weighted by atomic mass is 35.5. The fraction of sp³-hybridized carbons (Fsp3) is 0.300. The summed E-state index contributed by atoms with van der Waals surface area (Å²) >= 11 is 13.2. The largest absolute Gasteiger partial charge is 0.302 e. The van der Waals surface area contributed by atoms with Gasteiger partial charge in [-0.1, -0.05) is 41.4 Å². The van der Waals surface area contributed by atoms with E-state index in [4.69, 9.17) is 23.2 Å². The molecule has 0 N–H and O–H groups in total. The maximum atomic E-state index is 11.7. The number of Topliss-reactive ketones (excluding diaryl/α,β-unsaturated/α-hetero) is 1. The summed E-state index contributed by atoms with van der Waals surface area (Å²) in [7, 11) is 0. The zero-order chi connectivity index (χ0) is 19.2. The molecule has 0 saturated carbocycles. The first-order chi connectivity index (χ1) is 13.1. The quantitative estimate of drug-likeness (QED) is 0.552. The van der Waals surface area contributed by atoms with Crippen molar-refractivity contribution in [1.82, 2.24) is 14.3 Å². The van der Waals surface area contributed by atoms with E-state index in [0.29, 0.717) is 15.7 Å². The van der Waals surface area contributed by atoms with Crippen molar-refractivity contribution < 1.29 is 4.79 Å². The molecule has 1 fully saturated rings. The first-order valence-electron chi connectivity index (χ1n) is 8.73. The number of benzene rings is 1. The summed E-state index contributed by atoms with van der Waals surface area (Å²) in [5.41, 5.74) is 1.50. The molecule has 0 unspecified atom stereocenters. The van der Waals surface area contributed by atoms with Crippen molar-refractivity contribution in [3.63, 3.8) is 0 Å². The normalized spacial score (nSPS) is 14.6. The molecule has 1 aliphatic rings. The average molecular weight is 422 g/mol. The predicted molar refractivity (Wildman–Crippen MR) is 114 cm³/mol. The number of carbonyl (C=O) groups is 1. The Kier molecular flexibility index (Phi) is 7.19. The zero-order valence-corrected chi connectivity index (χ0v) is 17.4. The molecule has 4 rings (SSSR count). The number of nitrogens with zero attached hydrogens (tertiary/aromatic N) is 3. The monoisotopic (exact) mass is 421 g/mol. The summed E-state index contributed by atoms with van der Waals surface area (Å²) in [5, 5.41) is 1.21. The second-order valence-electron chi connectivity index (χ2n) is 6.19. The molecule has 1 aromatic carbocycles. The summed E-state index contributed by atoms with van der Waals surface area (Å²) in [6.07, 6.45) is 1.99. The molecule has 27 heavy (non-hydrogen) atoms. The minimum Gasteiger partial charge on any atom is -0.302 e. The molecule has 1 aliphatic heterocycles. The van der Waals surface area contributed by atoms with Crippen molar-refractivity contribution in [2.24, 2.45) is 0 Å². The van der Waals surface area contributed by atoms with E-state index in [-0.39, 0.29) is 5.78 Å². The second kappa shape index (κ2) is 9.60. The van der Waals surface area contributed by atoms with Crippen LogP contribution in [0.1, 0.15) is 23.2 Å². The SMILES string of the molecule is CC(=O)c1nc(CN2CCSCC2)n2ccccc12.Clc1ccccc1Cl. The van der Waals surface area contributed by atoms with Gasteiger partial charge in [0.05, 0.1) is 22.1 Å². The van der Waals surface area contributed by atoms with E-state index in [1.807, 2.05) is 52.7 Å². The zero-order valence-electron chi connectivity index (χ0n) is 15.1. The number of hydrogen-bond acceptors (Lipinski definition) is 4. The molecule has 0 spiro atoms. The van der Waals surface area contributed by atoms with Gasteiger partial charge < -0.3 is 4.40 Å². The van der Waals surface area contributed by atoms with Gasteiger partial charge in [0, 0.05) is 37.7 Å². The number of hydrogen-bond donors (Lipinski definition) is 0. The fourth-order valence-electron chi connectivity index (χ4n) is 2.87. The first-order valence-corrected chi connectivity index (χ1v) is 10.6. The van der Waals surface area contributed by atoms with Crippen LogP contribution < -0.4 is 0 Å². The van der Waals surface area contributed by atoms with E-state index in [1.165, 1.54) is 11.5 Å². The topological polar surface area (TPSA) is 37.6 Å². The Hall–Kier alpha value is -1.53. The van der Waals surface area contributed by atoms with Gasteiger partial charge in [0.2, 0.25) is 0 Å². The van der Waals surface area contributed by atoms with Gasteiger partial charge in [0.15, 0.2) is 5.78 Å². The van der Waals surface area contributed by atoms with Crippen LogP contribution in [0.3, 0.4) is 0 Å². The van der Waals surface area contributed by atoms with Gasteiger partial charge in [-0.15, -0.1) is 0 Å². The van der Waals surface area contributed by atoms with Crippen LogP contribution in [0.15, 0.2) is 48.7 Å². The van der Waals surface area contributed by atoms with Crippen LogP contribution in [0, 0.1) is 0 Å². The van der Waals surface area contributed by atoms with Gasteiger partial charge in [0.1, 0.15) is 11.5 Å². The van der Waals surface area contributed by atoms with E-state index in [0.717, 1.165) is 31.0 Å². The molecule has 0 amide bonds. The molecule has 0 aliphatic carbocycles. The van der Waals surface area contributed by atoms with Crippen molar-refractivity contribution in [3.05, 3.63) is 70.2 Å². The summed E-state index contributed by atoms with van der Waals surface area (Å²) in [6, 6.07) is 13.1. The standard InChI is InChI=1S/C14H17N3OS.C6H4Cl2/c1-11(18)14-12-4-2-3-5-17(12)13(15-14)10-16-6-8-19-9-7-16;7-5-3-1-2-4-6(5)8/h2-5H,6-10H2,1H3;1-4H. The molecule has 0 bridgehead atoms. The molecule has 0 radical (unpaired) electrons. The van der Waals surface area contributed by atoms with Crippen LogP contribution in [0.4, 0.5) is 0 Å². The predicted octanol–water partition coefficient (Wildman–Crippen LogP) is 5.08. The summed E-state index contributed by atoms with van der Waals surface area (Å²) in [5.74, 6) is 3.36. The van der Waals surface area contributed by atoms with E-state index < -0.39 is 0 Å². The molecule has 3 heterocycles. The van der Waals surface area contributed by atoms with Gasteiger partial charge in [-0.3, -0.25) is 9.69 Å².